The van der Waals surface area contributed by atoms with E-state index >= 15 is 0 Å². The number of halogens is 2. The van der Waals surface area contributed by atoms with Crippen molar-refractivity contribution in [2.75, 3.05) is 18.8 Å². The summed E-state index contributed by atoms with van der Waals surface area (Å²) in [6.07, 6.45) is 0. The van der Waals surface area contributed by atoms with Gasteiger partial charge in [-0.3, -0.25) is 0 Å². The van der Waals surface area contributed by atoms with Crippen LogP contribution in [0.15, 0.2) is 18.2 Å². The van der Waals surface area contributed by atoms with Crippen molar-refractivity contribution in [1.82, 2.24) is 10.0 Å². The molecule has 108 valence electrons. The van der Waals surface area contributed by atoms with Crippen molar-refractivity contribution in [3.8, 4) is 0 Å². The van der Waals surface area contributed by atoms with Crippen molar-refractivity contribution in [2.45, 2.75) is 19.9 Å². The summed E-state index contributed by atoms with van der Waals surface area (Å²) in [6, 6.07) is 4.62. The fourth-order valence-electron chi connectivity index (χ4n) is 1.63. The lowest BCUT2D eigenvalue weighted by atomic mass is 10.1. The van der Waals surface area contributed by atoms with E-state index in [-0.39, 0.29) is 5.75 Å². The largest absolute Gasteiger partial charge is 0.316 e. The summed E-state index contributed by atoms with van der Waals surface area (Å²) < 4.78 is 26.3. The molecule has 1 aromatic rings. The number of hydrogen-bond donors (Lipinski definition) is 2. The predicted octanol–water partition coefficient (Wildman–Crippen LogP) is 2.58. The molecular formula is C12H18Cl2N2O2S. The molecule has 0 heterocycles. The van der Waals surface area contributed by atoms with Gasteiger partial charge in [-0.1, -0.05) is 36.2 Å². The first-order valence-electron chi connectivity index (χ1n) is 6.01. The molecule has 1 aromatic carbocycles. The van der Waals surface area contributed by atoms with Gasteiger partial charge in [-0.2, -0.15) is 0 Å². The number of sulfonamides is 1. The predicted molar refractivity (Wildman–Crippen MR) is 80.3 cm³/mol. The van der Waals surface area contributed by atoms with E-state index in [1.54, 1.807) is 25.1 Å². The van der Waals surface area contributed by atoms with E-state index in [9.17, 15) is 8.42 Å². The quantitative estimate of drug-likeness (QED) is 0.758. The molecule has 0 saturated carbocycles. The Bertz CT molecular complexity index is 520. The highest BCUT2D eigenvalue weighted by molar-refractivity contribution is 7.89. The Morgan fingerprint density at radius 2 is 2.00 bits per heavy atom. The molecule has 0 spiro atoms. The summed E-state index contributed by atoms with van der Waals surface area (Å²) in [7, 11) is -3.33. The topological polar surface area (TPSA) is 58.2 Å². The number of hydrogen-bond acceptors (Lipinski definition) is 3. The molecule has 1 rings (SSSR count). The second-order valence-electron chi connectivity index (χ2n) is 4.18. The van der Waals surface area contributed by atoms with Gasteiger partial charge in [0.1, 0.15) is 0 Å². The van der Waals surface area contributed by atoms with Crippen LogP contribution in [-0.2, 0) is 10.0 Å². The summed E-state index contributed by atoms with van der Waals surface area (Å²) in [5.41, 5.74) is 0.707. The Morgan fingerprint density at radius 1 is 1.32 bits per heavy atom. The molecule has 0 aliphatic carbocycles. The number of nitrogens with one attached hydrogen (secondary N) is 2. The zero-order valence-corrected chi connectivity index (χ0v) is 13.2. The van der Waals surface area contributed by atoms with Gasteiger partial charge in [-0.25, -0.2) is 13.1 Å². The second kappa shape index (κ2) is 7.45. The lowest BCUT2D eigenvalue weighted by Crippen LogP contribution is -2.33. The maximum atomic E-state index is 11.8. The highest BCUT2D eigenvalue weighted by Crippen LogP contribution is 2.26. The summed E-state index contributed by atoms with van der Waals surface area (Å²) in [6.45, 7) is 4.84. The van der Waals surface area contributed by atoms with Crippen LogP contribution < -0.4 is 10.0 Å². The first-order valence-corrected chi connectivity index (χ1v) is 8.42. The molecule has 2 N–H and O–H groups in total. The third-order valence-electron chi connectivity index (χ3n) is 2.58. The van der Waals surface area contributed by atoms with Gasteiger partial charge in [0.15, 0.2) is 0 Å². The van der Waals surface area contributed by atoms with Gasteiger partial charge in [0.2, 0.25) is 10.0 Å². The highest BCUT2D eigenvalue weighted by Gasteiger charge is 2.17. The molecule has 1 unspecified atom stereocenters. The molecule has 0 amide bonds. The monoisotopic (exact) mass is 324 g/mol. The number of rotatable bonds is 7. The Kier molecular flexibility index (Phi) is 6.56. The highest BCUT2D eigenvalue weighted by atomic mass is 35.5. The molecule has 0 bridgehead atoms. The summed E-state index contributed by atoms with van der Waals surface area (Å²) in [4.78, 5) is 0. The second-order valence-corrected chi connectivity index (χ2v) is 6.89. The minimum absolute atomic E-state index is 0.0381. The lowest BCUT2D eigenvalue weighted by Gasteiger charge is -2.16. The van der Waals surface area contributed by atoms with Gasteiger partial charge >= 0.3 is 0 Å². The Labute approximate surface area is 124 Å². The van der Waals surface area contributed by atoms with Crippen molar-refractivity contribution in [3.63, 3.8) is 0 Å². The zero-order chi connectivity index (χ0) is 14.5. The molecular weight excluding hydrogens is 307 g/mol. The minimum Gasteiger partial charge on any atom is -0.316 e. The average molecular weight is 325 g/mol. The molecule has 19 heavy (non-hydrogen) atoms. The van der Waals surface area contributed by atoms with E-state index in [4.69, 9.17) is 23.2 Å². The van der Waals surface area contributed by atoms with Crippen molar-refractivity contribution in [2.24, 2.45) is 0 Å². The zero-order valence-electron chi connectivity index (χ0n) is 10.9. The maximum Gasteiger partial charge on any atom is 0.213 e. The van der Waals surface area contributed by atoms with Gasteiger partial charge in [-0.15, -0.1) is 0 Å². The van der Waals surface area contributed by atoms with Crippen LogP contribution in [0.4, 0.5) is 0 Å². The van der Waals surface area contributed by atoms with Gasteiger partial charge in [0, 0.05) is 22.6 Å². The molecule has 0 aromatic heterocycles. The van der Waals surface area contributed by atoms with Gasteiger partial charge in [0.05, 0.1) is 5.75 Å². The van der Waals surface area contributed by atoms with Gasteiger partial charge < -0.3 is 5.32 Å². The van der Waals surface area contributed by atoms with E-state index in [1.165, 1.54) is 0 Å². The molecule has 0 radical (unpaired) electrons. The summed E-state index contributed by atoms with van der Waals surface area (Å²) in [5.74, 6) is 0.0381. The summed E-state index contributed by atoms with van der Waals surface area (Å²) in [5, 5.41) is 3.95. The van der Waals surface area contributed by atoms with Crippen LogP contribution in [0, 0.1) is 0 Å². The van der Waals surface area contributed by atoms with Crippen molar-refractivity contribution >= 4 is 33.2 Å². The first kappa shape index (κ1) is 16.7. The van der Waals surface area contributed by atoms with E-state index in [2.05, 4.69) is 10.0 Å². The Balaban J connectivity index is 2.70. The lowest BCUT2D eigenvalue weighted by molar-refractivity contribution is 0.563. The molecule has 0 fully saturated rings. The van der Waals surface area contributed by atoms with Crippen LogP contribution in [0.5, 0.6) is 0 Å². The fraction of sp³-hybridized carbons (Fsp3) is 0.500. The van der Waals surface area contributed by atoms with Gasteiger partial charge in [0.25, 0.3) is 0 Å². The van der Waals surface area contributed by atoms with Crippen molar-refractivity contribution < 1.29 is 8.42 Å². The number of benzene rings is 1. The SMILES string of the molecule is CCNCCS(=O)(=O)NC(C)c1ccc(Cl)cc1Cl. The average Bonchev–Trinajstić information content (AvgIpc) is 2.28. The van der Waals surface area contributed by atoms with Crippen molar-refractivity contribution in [3.05, 3.63) is 33.8 Å². The molecule has 7 heteroatoms. The smallest absolute Gasteiger partial charge is 0.213 e. The van der Waals surface area contributed by atoms with Crippen LogP contribution in [0.1, 0.15) is 25.5 Å². The van der Waals surface area contributed by atoms with E-state index < -0.39 is 16.1 Å². The van der Waals surface area contributed by atoms with Crippen LogP contribution in [0.3, 0.4) is 0 Å². The maximum absolute atomic E-state index is 11.8. The Morgan fingerprint density at radius 3 is 2.58 bits per heavy atom. The van der Waals surface area contributed by atoms with E-state index in [1.807, 2.05) is 6.92 Å². The Hall–Kier alpha value is -0.330. The van der Waals surface area contributed by atoms with Crippen LogP contribution in [-0.4, -0.2) is 27.3 Å². The third-order valence-corrected chi connectivity index (χ3v) is 4.60. The van der Waals surface area contributed by atoms with Crippen LogP contribution >= 0.6 is 23.2 Å². The molecule has 0 saturated heterocycles. The van der Waals surface area contributed by atoms with E-state index in [0.717, 1.165) is 6.54 Å². The molecule has 0 aliphatic rings. The van der Waals surface area contributed by atoms with E-state index in [0.29, 0.717) is 22.2 Å². The fourth-order valence-corrected chi connectivity index (χ4v) is 3.40. The normalized spacial score (nSPS) is 13.5. The van der Waals surface area contributed by atoms with Crippen LogP contribution in [0.2, 0.25) is 10.0 Å². The molecule has 0 aliphatic heterocycles. The minimum atomic E-state index is -3.33. The third kappa shape index (κ3) is 5.67. The van der Waals surface area contributed by atoms with Crippen LogP contribution in [0.25, 0.3) is 0 Å². The summed E-state index contributed by atoms with van der Waals surface area (Å²) >= 11 is 11.9. The van der Waals surface area contributed by atoms with Gasteiger partial charge in [-0.05, 0) is 31.2 Å². The molecule has 4 nitrogen and oxygen atoms in total. The standard InChI is InChI=1S/C12H18Cl2N2O2S/c1-3-15-6-7-19(17,18)16-9(2)11-5-4-10(13)8-12(11)14/h4-5,8-9,15-16H,3,6-7H2,1-2H3. The van der Waals surface area contributed by atoms with Crippen molar-refractivity contribution in [1.29, 1.82) is 0 Å². The molecule has 1 atom stereocenters. The first-order chi connectivity index (χ1) is 8.85.